The highest BCUT2D eigenvalue weighted by Crippen LogP contribution is 2.44. The number of hydrogen-bond acceptors (Lipinski definition) is 1. The third-order valence-corrected chi connectivity index (χ3v) is 4.30. The molecule has 1 fully saturated rings. The fraction of sp³-hybridized carbons (Fsp3) is 0.533. The lowest BCUT2D eigenvalue weighted by molar-refractivity contribution is -0.417. The second kappa shape index (κ2) is 4.26. The molecule has 0 heterocycles. The Morgan fingerprint density at radius 3 is 2.88 bits per heavy atom. The quantitative estimate of drug-likeness (QED) is 0.637. The number of hydrogen-bond donors (Lipinski definition) is 1. The van der Waals surface area contributed by atoms with Crippen molar-refractivity contribution in [1.29, 1.82) is 0 Å². The number of allylic oxidation sites excluding steroid dienone is 5. The SMILES string of the molecule is C[O+]=C1C=CC2=C[C@H](O)[C@@H]3CCCC[C@H]3C2=C1. The van der Waals surface area contributed by atoms with Crippen molar-refractivity contribution < 1.29 is 9.53 Å². The van der Waals surface area contributed by atoms with Crippen LogP contribution in [0.15, 0.2) is 35.5 Å². The molecule has 1 N–H and O–H groups in total. The van der Waals surface area contributed by atoms with Crippen molar-refractivity contribution in [3.63, 3.8) is 0 Å². The summed E-state index contributed by atoms with van der Waals surface area (Å²) in [5.41, 5.74) is 2.57. The Kier molecular flexibility index (Phi) is 2.75. The second-order valence-electron chi connectivity index (χ2n) is 5.21. The van der Waals surface area contributed by atoms with E-state index in [4.69, 9.17) is 4.42 Å². The summed E-state index contributed by atoms with van der Waals surface area (Å²) in [6.45, 7) is 0. The van der Waals surface area contributed by atoms with E-state index in [1.807, 2.05) is 12.2 Å². The molecule has 90 valence electrons. The van der Waals surface area contributed by atoms with Gasteiger partial charge in [-0.15, -0.1) is 0 Å². The molecule has 0 aromatic carbocycles. The van der Waals surface area contributed by atoms with Gasteiger partial charge in [-0.1, -0.05) is 12.8 Å². The first-order chi connectivity index (χ1) is 8.29. The Balaban J connectivity index is 2.02. The highest BCUT2D eigenvalue weighted by atomic mass is 16.4. The largest absolute Gasteiger partial charge is 0.389 e. The van der Waals surface area contributed by atoms with Crippen molar-refractivity contribution in [1.82, 2.24) is 0 Å². The minimum Gasteiger partial charge on any atom is -0.389 e. The monoisotopic (exact) mass is 231 g/mol. The van der Waals surface area contributed by atoms with Crippen LogP contribution in [-0.2, 0) is 4.42 Å². The Labute approximate surface area is 102 Å². The van der Waals surface area contributed by atoms with Crippen molar-refractivity contribution in [2.75, 3.05) is 7.11 Å². The van der Waals surface area contributed by atoms with E-state index in [0.717, 1.165) is 12.2 Å². The Morgan fingerprint density at radius 1 is 1.24 bits per heavy atom. The molecule has 3 aliphatic carbocycles. The Morgan fingerprint density at radius 2 is 2.06 bits per heavy atom. The van der Waals surface area contributed by atoms with Crippen LogP contribution in [0.1, 0.15) is 25.7 Å². The van der Waals surface area contributed by atoms with Crippen molar-refractivity contribution in [2.45, 2.75) is 31.8 Å². The number of fused-ring (bicyclic) bond motifs is 3. The lowest BCUT2D eigenvalue weighted by atomic mass is 9.66. The summed E-state index contributed by atoms with van der Waals surface area (Å²) in [6, 6.07) is 0. The van der Waals surface area contributed by atoms with Crippen molar-refractivity contribution in [3.8, 4) is 0 Å². The summed E-state index contributed by atoms with van der Waals surface area (Å²) in [7, 11) is 1.71. The molecule has 17 heavy (non-hydrogen) atoms. The number of aliphatic hydroxyl groups excluding tert-OH is 1. The van der Waals surface area contributed by atoms with Gasteiger partial charge in [-0.05, 0) is 48.0 Å². The molecule has 0 radical (unpaired) electrons. The molecule has 2 nitrogen and oxygen atoms in total. The van der Waals surface area contributed by atoms with Gasteiger partial charge in [0.2, 0.25) is 0 Å². The minimum atomic E-state index is -0.263. The normalized spacial score (nSPS) is 38.2. The molecular formula is C15H19O2+. The predicted molar refractivity (Wildman–Crippen MR) is 67.7 cm³/mol. The molecule has 3 aliphatic rings. The van der Waals surface area contributed by atoms with E-state index in [1.165, 1.54) is 30.4 Å². The first-order valence-electron chi connectivity index (χ1n) is 6.50. The van der Waals surface area contributed by atoms with Gasteiger partial charge in [-0.25, -0.2) is 0 Å². The smallest absolute Gasteiger partial charge is 0.343 e. The van der Waals surface area contributed by atoms with E-state index in [2.05, 4.69) is 12.2 Å². The maximum atomic E-state index is 10.2. The number of carbonyl (C=O) groups excluding carboxylic acids is 1. The van der Waals surface area contributed by atoms with E-state index >= 15 is 0 Å². The molecule has 3 atom stereocenters. The number of ketones is 1. The van der Waals surface area contributed by atoms with Crippen LogP contribution in [0.2, 0.25) is 0 Å². The van der Waals surface area contributed by atoms with Crippen LogP contribution in [-0.4, -0.2) is 24.1 Å². The Bertz CT molecular complexity index is 440. The highest BCUT2D eigenvalue weighted by Gasteiger charge is 2.38. The minimum absolute atomic E-state index is 0.263. The standard InChI is InChI=1S/C15H19O2/c1-17-11-7-6-10-8-15(16)13-5-3-2-4-12(13)14(10)9-11/h6-9,12-13,15-16H,2-5H2,1H3/q+1/t12-,13-,15+/m1/s1. The zero-order valence-electron chi connectivity index (χ0n) is 10.2. The third kappa shape index (κ3) is 1.81. The average molecular weight is 231 g/mol. The summed E-state index contributed by atoms with van der Waals surface area (Å²) in [5, 5.41) is 10.2. The lowest BCUT2D eigenvalue weighted by Crippen LogP contribution is -2.35. The van der Waals surface area contributed by atoms with Gasteiger partial charge in [-0.2, -0.15) is 0 Å². The molecule has 1 saturated carbocycles. The van der Waals surface area contributed by atoms with Crippen molar-refractivity contribution in [3.05, 3.63) is 35.5 Å². The maximum Gasteiger partial charge on any atom is 0.343 e. The van der Waals surface area contributed by atoms with Crippen molar-refractivity contribution >= 4 is 5.78 Å². The molecular weight excluding hydrogens is 212 g/mol. The van der Waals surface area contributed by atoms with E-state index < -0.39 is 0 Å². The van der Waals surface area contributed by atoms with Gasteiger partial charge in [0, 0.05) is 12.2 Å². The van der Waals surface area contributed by atoms with Crippen LogP contribution >= 0.6 is 0 Å². The average Bonchev–Trinajstić information content (AvgIpc) is 2.39. The first kappa shape index (κ1) is 11.0. The van der Waals surface area contributed by atoms with Gasteiger partial charge in [-0.3, -0.25) is 4.42 Å². The van der Waals surface area contributed by atoms with Crippen LogP contribution in [0.3, 0.4) is 0 Å². The molecule has 0 spiro atoms. The molecule has 0 unspecified atom stereocenters. The van der Waals surface area contributed by atoms with Crippen LogP contribution in [0.4, 0.5) is 0 Å². The van der Waals surface area contributed by atoms with Gasteiger partial charge in [0.15, 0.2) is 0 Å². The molecule has 0 aromatic heterocycles. The first-order valence-corrected chi connectivity index (χ1v) is 6.50. The van der Waals surface area contributed by atoms with Gasteiger partial charge < -0.3 is 5.11 Å². The van der Waals surface area contributed by atoms with Gasteiger partial charge in [0.1, 0.15) is 0 Å². The van der Waals surface area contributed by atoms with Gasteiger partial charge in [0.05, 0.1) is 6.10 Å². The summed E-state index contributed by atoms with van der Waals surface area (Å²) in [4.78, 5) is 0. The third-order valence-electron chi connectivity index (χ3n) is 4.30. The number of aliphatic hydroxyl groups is 1. The molecule has 0 aromatic rings. The molecule has 0 saturated heterocycles. The molecule has 0 bridgehead atoms. The Hall–Kier alpha value is -1.15. The highest BCUT2D eigenvalue weighted by molar-refractivity contribution is 6.02. The summed E-state index contributed by atoms with van der Waals surface area (Å²) >= 11 is 0. The summed E-state index contributed by atoms with van der Waals surface area (Å²) < 4.78 is 5.31. The second-order valence-corrected chi connectivity index (χ2v) is 5.21. The molecule has 2 heteroatoms. The summed E-state index contributed by atoms with van der Waals surface area (Å²) in [6.07, 6.45) is 12.8. The fourth-order valence-electron chi connectivity index (χ4n) is 3.41. The molecule has 0 amide bonds. The topological polar surface area (TPSA) is 31.5 Å². The predicted octanol–water partition coefficient (Wildman–Crippen LogP) is 2.32. The van der Waals surface area contributed by atoms with Crippen LogP contribution < -0.4 is 0 Å². The van der Waals surface area contributed by atoms with E-state index in [9.17, 15) is 5.11 Å². The van der Waals surface area contributed by atoms with Crippen LogP contribution in [0, 0.1) is 11.8 Å². The number of rotatable bonds is 0. The van der Waals surface area contributed by atoms with Gasteiger partial charge in [0.25, 0.3) is 7.11 Å². The van der Waals surface area contributed by atoms with E-state index in [1.54, 1.807) is 7.11 Å². The molecule has 3 rings (SSSR count). The van der Waals surface area contributed by atoms with Crippen LogP contribution in [0.5, 0.6) is 0 Å². The maximum absolute atomic E-state index is 10.2. The fourth-order valence-corrected chi connectivity index (χ4v) is 3.41. The van der Waals surface area contributed by atoms with E-state index in [-0.39, 0.29) is 6.10 Å². The van der Waals surface area contributed by atoms with Crippen LogP contribution in [0.25, 0.3) is 0 Å². The van der Waals surface area contributed by atoms with E-state index in [0.29, 0.717) is 11.8 Å². The van der Waals surface area contributed by atoms with Gasteiger partial charge >= 0.3 is 5.78 Å². The zero-order valence-corrected chi connectivity index (χ0v) is 10.2. The molecule has 0 aliphatic heterocycles. The zero-order chi connectivity index (χ0) is 11.8. The lowest BCUT2D eigenvalue weighted by Gasteiger charge is -2.39. The van der Waals surface area contributed by atoms with Crippen molar-refractivity contribution in [2.24, 2.45) is 11.8 Å². The summed E-state index contributed by atoms with van der Waals surface area (Å²) in [5.74, 6) is 1.87.